The first-order chi connectivity index (χ1) is 10.2. The first kappa shape index (κ1) is 15.2. The minimum Gasteiger partial charge on any atom is -0.394 e. The summed E-state index contributed by atoms with van der Waals surface area (Å²) < 4.78 is 12.8. The lowest BCUT2D eigenvalue weighted by molar-refractivity contribution is -0.122. The molecule has 3 nitrogen and oxygen atoms in total. The molecule has 2 aromatic rings. The maximum Gasteiger partial charge on any atom is 0.220 e. The number of aryl methyl sites for hydroxylation is 1. The van der Waals surface area contributed by atoms with Crippen LogP contribution in [0.4, 0.5) is 4.39 Å². The van der Waals surface area contributed by atoms with Gasteiger partial charge in [0.25, 0.3) is 0 Å². The van der Waals surface area contributed by atoms with Gasteiger partial charge in [0.2, 0.25) is 5.91 Å². The van der Waals surface area contributed by atoms with Crippen LogP contribution in [0, 0.1) is 5.82 Å². The van der Waals surface area contributed by atoms with Crippen LogP contribution in [0.1, 0.15) is 23.6 Å². The zero-order valence-electron chi connectivity index (χ0n) is 11.6. The molecule has 0 fully saturated rings. The number of nitrogens with one attached hydrogen (secondary N) is 1. The summed E-state index contributed by atoms with van der Waals surface area (Å²) in [7, 11) is 0. The fraction of sp³-hybridized carbons (Fsp3) is 0.235. The molecule has 110 valence electrons. The lowest BCUT2D eigenvalue weighted by Crippen LogP contribution is -2.30. The Kier molecular flexibility index (Phi) is 5.46. The van der Waals surface area contributed by atoms with Gasteiger partial charge < -0.3 is 10.4 Å². The number of hydrogen-bond acceptors (Lipinski definition) is 2. The number of halogens is 1. The van der Waals surface area contributed by atoms with Crippen LogP contribution in [0.25, 0.3) is 0 Å². The molecule has 2 N–H and O–H groups in total. The highest BCUT2D eigenvalue weighted by atomic mass is 19.1. The maximum absolute atomic E-state index is 12.8. The molecule has 0 heterocycles. The van der Waals surface area contributed by atoms with Gasteiger partial charge in [0.1, 0.15) is 5.82 Å². The van der Waals surface area contributed by atoms with Crippen molar-refractivity contribution in [2.45, 2.75) is 18.9 Å². The smallest absolute Gasteiger partial charge is 0.220 e. The molecular formula is C17H18FNO2. The average molecular weight is 287 g/mol. The van der Waals surface area contributed by atoms with E-state index in [1.165, 1.54) is 12.1 Å². The molecule has 1 amide bonds. The number of amides is 1. The molecule has 0 aromatic heterocycles. The first-order valence-electron chi connectivity index (χ1n) is 6.88. The van der Waals surface area contributed by atoms with E-state index < -0.39 is 6.04 Å². The van der Waals surface area contributed by atoms with E-state index in [1.807, 2.05) is 30.3 Å². The van der Waals surface area contributed by atoms with Gasteiger partial charge in [-0.25, -0.2) is 4.39 Å². The van der Waals surface area contributed by atoms with Gasteiger partial charge in [-0.3, -0.25) is 4.79 Å². The molecule has 0 aliphatic carbocycles. The largest absolute Gasteiger partial charge is 0.394 e. The van der Waals surface area contributed by atoms with E-state index in [0.717, 1.165) is 11.1 Å². The van der Waals surface area contributed by atoms with Gasteiger partial charge in [-0.15, -0.1) is 0 Å². The van der Waals surface area contributed by atoms with E-state index in [0.29, 0.717) is 12.8 Å². The third-order valence-electron chi connectivity index (χ3n) is 3.27. The Hall–Kier alpha value is -2.20. The normalized spacial score (nSPS) is 11.9. The molecule has 0 saturated carbocycles. The lowest BCUT2D eigenvalue weighted by Gasteiger charge is -2.16. The second kappa shape index (κ2) is 7.55. The molecule has 21 heavy (non-hydrogen) atoms. The van der Waals surface area contributed by atoms with Crippen LogP contribution in [0.3, 0.4) is 0 Å². The molecule has 0 unspecified atom stereocenters. The standard InChI is InChI=1S/C17H18FNO2/c18-15-9-6-13(7-10-15)8-11-17(21)19-16(12-20)14-4-2-1-3-5-14/h1-7,9-10,16,20H,8,11-12H2,(H,19,21)/t16-/m0/s1. The Morgan fingerprint density at radius 1 is 1.10 bits per heavy atom. The maximum atomic E-state index is 12.8. The minimum absolute atomic E-state index is 0.137. The molecule has 2 rings (SSSR count). The molecule has 1 atom stereocenters. The molecule has 0 aliphatic heterocycles. The van der Waals surface area contributed by atoms with Crippen LogP contribution >= 0.6 is 0 Å². The summed E-state index contributed by atoms with van der Waals surface area (Å²) >= 11 is 0. The molecule has 0 aliphatic rings. The fourth-order valence-electron chi connectivity index (χ4n) is 2.10. The van der Waals surface area contributed by atoms with Crippen LogP contribution in [-0.2, 0) is 11.2 Å². The van der Waals surface area contributed by atoms with Crippen LogP contribution in [0.5, 0.6) is 0 Å². The Morgan fingerprint density at radius 3 is 2.38 bits per heavy atom. The van der Waals surface area contributed by atoms with Crippen LogP contribution in [0.15, 0.2) is 54.6 Å². The van der Waals surface area contributed by atoms with E-state index in [4.69, 9.17) is 0 Å². The predicted octanol–water partition coefficient (Wildman–Crippen LogP) is 2.61. The highest BCUT2D eigenvalue weighted by Gasteiger charge is 2.13. The highest BCUT2D eigenvalue weighted by Crippen LogP contribution is 2.12. The number of benzene rings is 2. The van der Waals surface area contributed by atoms with Gasteiger partial charge in [0.15, 0.2) is 0 Å². The van der Waals surface area contributed by atoms with E-state index in [1.54, 1.807) is 12.1 Å². The van der Waals surface area contributed by atoms with Gasteiger partial charge in [0, 0.05) is 6.42 Å². The summed E-state index contributed by atoms with van der Waals surface area (Å²) in [5, 5.41) is 12.2. The summed E-state index contributed by atoms with van der Waals surface area (Å²) in [6.07, 6.45) is 0.841. The Balaban J connectivity index is 1.87. The second-order valence-corrected chi connectivity index (χ2v) is 4.84. The number of carbonyl (C=O) groups excluding carboxylic acids is 1. The summed E-state index contributed by atoms with van der Waals surface area (Å²) in [4.78, 5) is 11.9. The molecule has 0 saturated heterocycles. The van der Waals surface area contributed by atoms with Crippen molar-refractivity contribution >= 4 is 5.91 Å². The second-order valence-electron chi connectivity index (χ2n) is 4.84. The lowest BCUT2D eigenvalue weighted by atomic mass is 10.1. The van der Waals surface area contributed by atoms with Crippen molar-refractivity contribution in [1.29, 1.82) is 0 Å². The Bertz CT molecular complexity index is 569. The van der Waals surface area contributed by atoms with Crippen molar-refractivity contribution in [2.24, 2.45) is 0 Å². The van der Waals surface area contributed by atoms with Crippen LogP contribution < -0.4 is 5.32 Å². The van der Waals surface area contributed by atoms with E-state index in [2.05, 4.69) is 5.32 Å². The van der Waals surface area contributed by atoms with Crippen LogP contribution in [0.2, 0.25) is 0 Å². The van der Waals surface area contributed by atoms with Gasteiger partial charge in [0.05, 0.1) is 12.6 Å². The molecule has 0 spiro atoms. The summed E-state index contributed by atoms with van der Waals surface area (Å²) in [5.74, 6) is -0.421. The van der Waals surface area contributed by atoms with Crippen molar-refractivity contribution in [3.05, 3.63) is 71.5 Å². The average Bonchev–Trinajstić information content (AvgIpc) is 2.53. The monoisotopic (exact) mass is 287 g/mol. The Morgan fingerprint density at radius 2 is 1.76 bits per heavy atom. The highest BCUT2D eigenvalue weighted by molar-refractivity contribution is 5.76. The van der Waals surface area contributed by atoms with E-state index in [9.17, 15) is 14.3 Å². The third-order valence-corrected chi connectivity index (χ3v) is 3.27. The quantitative estimate of drug-likeness (QED) is 0.858. The van der Waals surface area contributed by atoms with Gasteiger partial charge >= 0.3 is 0 Å². The zero-order valence-corrected chi connectivity index (χ0v) is 11.6. The number of aliphatic hydroxyl groups excluding tert-OH is 1. The van der Waals surface area contributed by atoms with Crippen molar-refractivity contribution in [3.8, 4) is 0 Å². The van der Waals surface area contributed by atoms with Gasteiger partial charge in [-0.2, -0.15) is 0 Å². The van der Waals surface area contributed by atoms with Crippen LogP contribution in [-0.4, -0.2) is 17.6 Å². The molecule has 0 radical (unpaired) electrons. The number of rotatable bonds is 6. The third kappa shape index (κ3) is 4.68. The summed E-state index contributed by atoms with van der Waals surface area (Å²) in [6, 6.07) is 15.0. The van der Waals surface area contributed by atoms with Gasteiger partial charge in [-0.1, -0.05) is 42.5 Å². The van der Waals surface area contributed by atoms with E-state index >= 15 is 0 Å². The van der Waals surface area contributed by atoms with Crippen molar-refractivity contribution in [2.75, 3.05) is 6.61 Å². The summed E-state index contributed by atoms with van der Waals surface area (Å²) in [6.45, 7) is -0.147. The molecule has 4 heteroatoms. The first-order valence-corrected chi connectivity index (χ1v) is 6.88. The van der Waals surface area contributed by atoms with E-state index in [-0.39, 0.29) is 18.3 Å². The molecule has 2 aromatic carbocycles. The topological polar surface area (TPSA) is 49.3 Å². The predicted molar refractivity (Wildman–Crippen MR) is 79.1 cm³/mol. The Labute approximate surface area is 123 Å². The van der Waals surface area contributed by atoms with Gasteiger partial charge in [-0.05, 0) is 29.7 Å². The SMILES string of the molecule is O=C(CCc1ccc(F)cc1)N[C@@H](CO)c1ccccc1. The van der Waals surface area contributed by atoms with Crippen molar-refractivity contribution in [3.63, 3.8) is 0 Å². The van der Waals surface area contributed by atoms with Crippen molar-refractivity contribution < 1.29 is 14.3 Å². The fourth-order valence-corrected chi connectivity index (χ4v) is 2.10. The minimum atomic E-state index is -0.396. The molecular weight excluding hydrogens is 269 g/mol. The number of carbonyl (C=O) groups is 1. The summed E-state index contributed by atoms with van der Waals surface area (Å²) in [5.41, 5.74) is 1.78. The number of hydrogen-bond donors (Lipinski definition) is 2. The van der Waals surface area contributed by atoms with Crippen molar-refractivity contribution in [1.82, 2.24) is 5.32 Å². The molecule has 0 bridgehead atoms. The number of aliphatic hydroxyl groups is 1. The zero-order chi connectivity index (χ0) is 15.1.